The average Bonchev–Trinajstić information content (AvgIpc) is 2.58. The molecule has 0 aliphatic heterocycles. The third kappa shape index (κ3) is 2.02. The van der Waals surface area contributed by atoms with Crippen molar-refractivity contribution in [3.63, 3.8) is 0 Å². The maximum atomic E-state index is 13.4. The summed E-state index contributed by atoms with van der Waals surface area (Å²) in [5.74, 6) is -3.19. The van der Waals surface area contributed by atoms with E-state index in [4.69, 9.17) is 5.11 Å². The van der Waals surface area contributed by atoms with Gasteiger partial charge in [0.1, 0.15) is 0 Å². The second-order valence-corrected chi connectivity index (χ2v) is 4.11. The molecule has 0 radical (unpaired) electrons. The van der Waals surface area contributed by atoms with Gasteiger partial charge in [-0.1, -0.05) is 24.3 Å². The number of hydrogen-bond acceptors (Lipinski definition) is 1. The van der Waals surface area contributed by atoms with Crippen LogP contribution in [0.1, 0.15) is 36.3 Å². The molecule has 1 aliphatic carbocycles. The Morgan fingerprint density at radius 3 is 2.40 bits per heavy atom. The summed E-state index contributed by atoms with van der Waals surface area (Å²) < 4.78 is 26.9. The van der Waals surface area contributed by atoms with E-state index in [1.165, 1.54) is 0 Å². The lowest BCUT2D eigenvalue weighted by molar-refractivity contribution is -0.00896. The van der Waals surface area contributed by atoms with Crippen LogP contribution >= 0.6 is 0 Å². The fourth-order valence-corrected chi connectivity index (χ4v) is 2.19. The van der Waals surface area contributed by atoms with Gasteiger partial charge in [0.15, 0.2) is 0 Å². The van der Waals surface area contributed by atoms with Crippen LogP contribution in [0.4, 0.5) is 8.78 Å². The minimum atomic E-state index is -2.55. The summed E-state index contributed by atoms with van der Waals surface area (Å²) >= 11 is 0. The zero-order chi connectivity index (χ0) is 10.9. The molecule has 0 aromatic heterocycles. The summed E-state index contributed by atoms with van der Waals surface area (Å²) in [4.78, 5) is 0. The molecule has 1 nitrogen and oxygen atoms in total. The zero-order valence-electron chi connectivity index (χ0n) is 8.42. The van der Waals surface area contributed by atoms with E-state index in [0.717, 1.165) is 5.56 Å². The molecule has 0 amide bonds. The van der Waals surface area contributed by atoms with Crippen LogP contribution in [-0.2, 0) is 6.61 Å². The van der Waals surface area contributed by atoms with Gasteiger partial charge in [-0.3, -0.25) is 0 Å². The van der Waals surface area contributed by atoms with Crippen LogP contribution in [0.5, 0.6) is 0 Å². The molecule has 1 aromatic rings. The largest absolute Gasteiger partial charge is 0.392 e. The van der Waals surface area contributed by atoms with Crippen LogP contribution in [0.15, 0.2) is 24.3 Å². The SMILES string of the molecule is OCc1ccc(C2CCCC2(F)F)cc1. The van der Waals surface area contributed by atoms with Crippen LogP contribution in [0.25, 0.3) is 0 Å². The third-order valence-corrected chi connectivity index (χ3v) is 3.08. The predicted octanol–water partition coefficient (Wildman–Crippen LogP) is 3.08. The van der Waals surface area contributed by atoms with Gasteiger partial charge < -0.3 is 5.11 Å². The first-order valence-corrected chi connectivity index (χ1v) is 5.21. The Kier molecular flexibility index (Phi) is 2.74. The fourth-order valence-electron chi connectivity index (χ4n) is 2.19. The summed E-state index contributed by atoms with van der Waals surface area (Å²) in [5, 5.41) is 8.85. The summed E-state index contributed by atoms with van der Waals surface area (Å²) in [5.41, 5.74) is 1.45. The van der Waals surface area contributed by atoms with E-state index in [9.17, 15) is 8.78 Å². The van der Waals surface area contributed by atoms with Gasteiger partial charge in [0.05, 0.1) is 6.61 Å². The number of aliphatic hydroxyl groups excluding tert-OH is 1. The molecule has 1 atom stereocenters. The summed E-state index contributed by atoms with van der Waals surface area (Å²) in [6.07, 6.45) is 1.16. The van der Waals surface area contributed by atoms with Crippen molar-refractivity contribution in [3.8, 4) is 0 Å². The second-order valence-electron chi connectivity index (χ2n) is 4.11. The molecule has 3 heteroatoms. The monoisotopic (exact) mass is 212 g/mol. The summed E-state index contributed by atoms with van der Waals surface area (Å²) in [7, 11) is 0. The van der Waals surface area contributed by atoms with Crippen molar-refractivity contribution in [2.45, 2.75) is 37.7 Å². The van der Waals surface area contributed by atoms with Gasteiger partial charge in [-0.25, -0.2) is 8.78 Å². The second kappa shape index (κ2) is 3.89. The molecule has 1 aliphatic rings. The van der Waals surface area contributed by atoms with E-state index in [2.05, 4.69) is 0 Å². The number of benzene rings is 1. The van der Waals surface area contributed by atoms with Gasteiger partial charge >= 0.3 is 0 Å². The highest BCUT2D eigenvalue weighted by Crippen LogP contribution is 2.46. The van der Waals surface area contributed by atoms with Crippen molar-refractivity contribution < 1.29 is 13.9 Å². The van der Waals surface area contributed by atoms with E-state index in [1.54, 1.807) is 24.3 Å². The molecule has 0 heterocycles. The van der Waals surface area contributed by atoms with Crippen molar-refractivity contribution in [3.05, 3.63) is 35.4 Å². The van der Waals surface area contributed by atoms with Crippen molar-refractivity contribution in [1.29, 1.82) is 0 Å². The van der Waals surface area contributed by atoms with Crippen molar-refractivity contribution >= 4 is 0 Å². The van der Waals surface area contributed by atoms with Gasteiger partial charge in [0.25, 0.3) is 5.92 Å². The van der Waals surface area contributed by atoms with Gasteiger partial charge in [-0.2, -0.15) is 0 Å². The van der Waals surface area contributed by atoms with Gasteiger partial charge in [-0.15, -0.1) is 0 Å². The number of rotatable bonds is 2. The quantitative estimate of drug-likeness (QED) is 0.798. The molecule has 15 heavy (non-hydrogen) atoms. The lowest BCUT2D eigenvalue weighted by Crippen LogP contribution is -2.19. The number of halogens is 2. The van der Waals surface area contributed by atoms with Crippen LogP contribution in [-0.4, -0.2) is 11.0 Å². The lowest BCUT2D eigenvalue weighted by Gasteiger charge is -2.19. The van der Waals surface area contributed by atoms with Crippen LogP contribution in [0.2, 0.25) is 0 Å². The van der Waals surface area contributed by atoms with E-state index in [1.807, 2.05) is 0 Å². The molecule has 2 rings (SSSR count). The molecule has 82 valence electrons. The first kappa shape index (κ1) is 10.6. The number of alkyl halides is 2. The van der Waals surface area contributed by atoms with E-state index in [0.29, 0.717) is 18.4 Å². The number of aliphatic hydroxyl groups is 1. The summed E-state index contributed by atoms with van der Waals surface area (Å²) in [6.45, 7) is -0.0403. The fraction of sp³-hybridized carbons (Fsp3) is 0.500. The highest BCUT2D eigenvalue weighted by Gasteiger charge is 2.44. The molecule has 1 N–H and O–H groups in total. The van der Waals surface area contributed by atoms with Gasteiger partial charge in [0, 0.05) is 12.3 Å². The Hall–Kier alpha value is -0.960. The normalized spacial score (nSPS) is 24.3. The first-order valence-electron chi connectivity index (χ1n) is 5.21. The minimum absolute atomic E-state index is 0.000577. The van der Waals surface area contributed by atoms with Crippen molar-refractivity contribution in [1.82, 2.24) is 0 Å². The standard InChI is InChI=1S/C12H14F2O/c13-12(14)7-1-2-11(12)10-5-3-9(8-15)4-6-10/h3-6,11,15H,1-2,7-8H2. The molecule has 0 spiro atoms. The Labute approximate surface area is 87.7 Å². The van der Waals surface area contributed by atoms with E-state index < -0.39 is 11.8 Å². The first-order chi connectivity index (χ1) is 7.13. The van der Waals surface area contributed by atoms with Crippen LogP contribution in [0, 0.1) is 0 Å². The van der Waals surface area contributed by atoms with Crippen molar-refractivity contribution in [2.75, 3.05) is 0 Å². The predicted molar refractivity (Wildman–Crippen MR) is 53.9 cm³/mol. The van der Waals surface area contributed by atoms with Gasteiger partial charge in [0.2, 0.25) is 0 Å². The molecular weight excluding hydrogens is 198 g/mol. The molecule has 1 unspecified atom stereocenters. The molecule has 1 aromatic carbocycles. The molecule has 0 saturated heterocycles. The van der Waals surface area contributed by atoms with Crippen LogP contribution in [0.3, 0.4) is 0 Å². The minimum Gasteiger partial charge on any atom is -0.392 e. The Bertz CT molecular complexity index is 332. The molecular formula is C12H14F2O. The van der Waals surface area contributed by atoms with Crippen molar-refractivity contribution in [2.24, 2.45) is 0 Å². The molecule has 1 saturated carbocycles. The third-order valence-electron chi connectivity index (χ3n) is 3.08. The molecule has 0 bridgehead atoms. The Morgan fingerprint density at radius 2 is 1.93 bits per heavy atom. The Balaban J connectivity index is 2.22. The smallest absolute Gasteiger partial charge is 0.254 e. The van der Waals surface area contributed by atoms with E-state index >= 15 is 0 Å². The van der Waals surface area contributed by atoms with Gasteiger partial charge in [-0.05, 0) is 24.0 Å². The maximum Gasteiger partial charge on any atom is 0.254 e. The maximum absolute atomic E-state index is 13.4. The lowest BCUT2D eigenvalue weighted by atomic mass is 9.94. The highest BCUT2D eigenvalue weighted by molar-refractivity contribution is 5.27. The molecule has 1 fully saturated rings. The Morgan fingerprint density at radius 1 is 1.27 bits per heavy atom. The highest BCUT2D eigenvalue weighted by atomic mass is 19.3. The zero-order valence-corrected chi connectivity index (χ0v) is 8.42. The average molecular weight is 212 g/mol. The summed E-state index contributed by atoms with van der Waals surface area (Å²) in [6, 6.07) is 6.83. The van der Waals surface area contributed by atoms with Crippen LogP contribution < -0.4 is 0 Å². The number of hydrogen-bond donors (Lipinski definition) is 1. The van der Waals surface area contributed by atoms with E-state index in [-0.39, 0.29) is 13.0 Å². The topological polar surface area (TPSA) is 20.2 Å².